The molecule has 42 valence electrons. The molecule has 0 aromatic rings. The average Bonchev–Trinajstić information content (AvgIpc) is 1.69. The molecule has 0 saturated heterocycles. The maximum atomic E-state index is 9.63. The molecule has 0 unspecified atom stereocenters. The standard InChI is InChI=1S/C6H10O.Na.H/c1-2-3-4-5-6-7;;/h3-4,6H,2,5H2,1H3;;/q;+1;-1. The third-order valence-electron chi connectivity index (χ3n) is 0.635. The van der Waals surface area contributed by atoms with Crippen molar-refractivity contribution in [2.45, 2.75) is 19.8 Å². The molecule has 0 aliphatic heterocycles. The Hall–Kier alpha value is 0.410. The fourth-order valence-electron chi connectivity index (χ4n) is 0.318. The molecule has 0 aromatic heterocycles. The third-order valence-corrected chi connectivity index (χ3v) is 0.635. The van der Waals surface area contributed by atoms with Crippen LogP contribution in [0.5, 0.6) is 0 Å². The monoisotopic (exact) mass is 122 g/mol. The van der Waals surface area contributed by atoms with Gasteiger partial charge in [-0.25, -0.2) is 0 Å². The Kier molecular flexibility index (Phi) is 14.6. The summed E-state index contributed by atoms with van der Waals surface area (Å²) in [5.41, 5.74) is 0. The first-order chi connectivity index (χ1) is 3.41. The van der Waals surface area contributed by atoms with Gasteiger partial charge in [0.15, 0.2) is 0 Å². The second kappa shape index (κ2) is 10.4. The molecule has 1 nitrogen and oxygen atoms in total. The molecule has 0 heterocycles. The predicted octanol–water partition coefficient (Wildman–Crippen LogP) is -1.34. The summed E-state index contributed by atoms with van der Waals surface area (Å²) in [5.74, 6) is 0. The largest absolute Gasteiger partial charge is 1.00 e. The molecule has 0 atom stereocenters. The van der Waals surface area contributed by atoms with Crippen LogP contribution in [0.4, 0.5) is 0 Å². The second-order valence-corrected chi connectivity index (χ2v) is 1.28. The first-order valence-corrected chi connectivity index (χ1v) is 2.50. The molecular weight excluding hydrogens is 111 g/mol. The minimum absolute atomic E-state index is 0. The molecular formula is C6H11NaO. The zero-order valence-corrected chi connectivity index (χ0v) is 7.55. The van der Waals surface area contributed by atoms with Gasteiger partial charge in [0.25, 0.3) is 0 Å². The van der Waals surface area contributed by atoms with Crippen LogP contribution in [0, 0.1) is 0 Å². The maximum absolute atomic E-state index is 9.63. The van der Waals surface area contributed by atoms with Gasteiger partial charge in [-0.15, -0.1) is 0 Å². The van der Waals surface area contributed by atoms with E-state index in [1.165, 1.54) is 0 Å². The fraction of sp³-hybridized carbons (Fsp3) is 0.500. The van der Waals surface area contributed by atoms with Crippen LogP contribution in [0.25, 0.3) is 0 Å². The van der Waals surface area contributed by atoms with E-state index in [0.29, 0.717) is 6.42 Å². The smallest absolute Gasteiger partial charge is 1.00 e. The van der Waals surface area contributed by atoms with Crippen LogP contribution in [0.15, 0.2) is 12.2 Å². The van der Waals surface area contributed by atoms with Crippen LogP contribution < -0.4 is 29.6 Å². The Morgan fingerprint density at radius 3 is 2.50 bits per heavy atom. The summed E-state index contributed by atoms with van der Waals surface area (Å²) in [6.45, 7) is 2.04. The van der Waals surface area contributed by atoms with Gasteiger partial charge < -0.3 is 6.22 Å². The minimum atomic E-state index is 0. The molecule has 0 aliphatic rings. The zero-order valence-electron chi connectivity index (χ0n) is 6.55. The van der Waals surface area contributed by atoms with Crippen molar-refractivity contribution in [3.63, 3.8) is 0 Å². The van der Waals surface area contributed by atoms with Gasteiger partial charge in [0, 0.05) is 6.42 Å². The molecule has 2 heteroatoms. The molecule has 0 aliphatic carbocycles. The summed E-state index contributed by atoms with van der Waals surface area (Å²) in [6, 6.07) is 0. The maximum Gasteiger partial charge on any atom is 1.00 e. The van der Waals surface area contributed by atoms with Crippen molar-refractivity contribution in [2.75, 3.05) is 0 Å². The topological polar surface area (TPSA) is 17.1 Å². The van der Waals surface area contributed by atoms with Crippen LogP contribution in [-0.2, 0) is 4.79 Å². The predicted molar refractivity (Wildman–Crippen MR) is 31.2 cm³/mol. The van der Waals surface area contributed by atoms with Gasteiger partial charge in [0.05, 0.1) is 0 Å². The van der Waals surface area contributed by atoms with Crippen LogP contribution in [-0.4, -0.2) is 6.29 Å². The van der Waals surface area contributed by atoms with E-state index < -0.39 is 0 Å². The number of carbonyl (C=O) groups excluding carboxylic acids is 1. The summed E-state index contributed by atoms with van der Waals surface area (Å²) in [5, 5.41) is 0. The molecule has 8 heavy (non-hydrogen) atoms. The van der Waals surface area contributed by atoms with Gasteiger partial charge in [-0.2, -0.15) is 0 Å². The average molecular weight is 122 g/mol. The van der Waals surface area contributed by atoms with E-state index in [1.54, 1.807) is 0 Å². The van der Waals surface area contributed by atoms with Gasteiger partial charge in [-0.1, -0.05) is 19.1 Å². The summed E-state index contributed by atoms with van der Waals surface area (Å²) >= 11 is 0. The number of carbonyl (C=O) groups is 1. The van der Waals surface area contributed by atoms with Crippen molar-refractivity contribution >= 4 is 6.29 Å². The number of hydrogen-bond donors (Lipinski definition) is 0. The molecule has 0 bridgehead atoms. The first kappa shape index (κ1) is 11.2. The van der Waals surface area contributed by atoms with E-state index in [-0.39, 0.29) is 31.0 Å². The van der Waals surface area contributed by atoms with Crippen molar-refractivity contribution < 1.29 is 35.8 Å². The molecule has 0 radical (unpaired) electrons. The van der Waals surface area contributed by atoms with Gasteiger partial charge in [0.1, 0.15) is 6.29 Å². The van der Waals surface area contributed by atoms with Gasteiger partial charge in [-0.3, -0.25) is 0 Å². The van der Waals surface area contributed by atoms with E-state index in [9.17, 15) is 4.79 Å². The summed E-state index contributed by atoms with van der Waals surface area (Å²) in [6.07, 6.45) is 6.33. The van der Waals surface area contributed by atoms with Crippen LogP contribution in [0.1, 0.15) is 21.2 Å². The van der Waals surface area contributed by atoms with E-state index in [0.717, 1.165) is 12.7 Å². The molecule has 0 fully saturated rings. The van der Waals surface area contributed by atoms with Gasteiger partial charge in [0.2, 0.25) is 0 Å². The van der Waals surface area contributed by atoms with Crippen LogP contribution in [0.3, 0.4) is 0 Å². The Morgan fingerprint density at radius 1 is 1.50 bits per heavy atom. The Bertz CT molecular complexity index is 73.5. The summed E-state index contributed by atoms with van der Waals surface area (Å²) in [7, 11) is 0. The minimum Gasteiger partial charge on any atom is -1.00 e. The van der Waals surface area contributed by atoms with Crippen molar-refractivity contribution in [1.29, 1.82) is 0 Å². The normalized spacial score (nSPS) is 8.62. The summed E-state index contributed by atoms with van der Waals surface area (Å²) in [4.78, 5) is 9.63. The van der Waals surface area contributed by atoms with Crippen LogP contribution in [0.2, 0.25) is 0 Å². The third kappa shape index (κ3) is 9.65. The van der Waals surface area contributed by atoms with Crippen LogP contribution >= 0.6 is 0 Å². The van der Waals surface area contributed by atoms with Crippen molar-refractivity contribution in [3.05, 3.63) is 12.2 Å². The molecule has 0 aromatic carbocycles. The zero-order chi connectivity index (χ0) is 5.54. The Balaban J connectivity index is -0.000000180. The van der Waals surface area contributed by atoms with Crippen molar-refractivity contribution in [1.82, 2.24) is 0 Å². The summed E-state index contributed by atoms with van der Waals surface area (Å²) < 4.78 is 0. The SMILES string of the molecule is CCC=CCC=O.[H-].[Na+]. The number of hydrogen-bond acceptors (Lipinski definition) is 1. The van der Waals surface area contributed by atoms with E-state index in [2.05, 4.69) is 0 Å². The van der Waals surface area contributed by atoms with Crippen molar-refractivity contribution in [3.8, 4) is 0 Å². The van der Waals surface area contributed by atoms with E-state index >= 15 is 0 Å². The van der Waals surface area contributed by atoms with Gasteiger partial charge >= 0.3 is 29.6 Å². The number of allylic oxidation sites excluding steroid dienone is 2. The molecule has 0 amide bonds. The number of rotatable bonds is 3. The van der Waals surface area contributed by atoms with E-state index in [1.807, 2.05) is 19.1 Å². The number of aldehydes is 1. The Morgan fingerprint density at radius 2 is 2.12 bits per heavy atom. The van der Waals surface area contributed by atoms with Gasteiger partial charge in [-0.05, 0) is 6.42 Å². The van der Waals surface area contributed by atoms with Crippen molar-refractivity contribution in [2.24, 2.45) is 0 Å². The van der Waals surface area contributed by atoms with E-state index in [4.69, 9.17) is 0 Å². The molecule has 0 rings (SSSR count). The second-order valence-electron chi connectivity index (χ2n) is 1.28. The molecule has 0 saturated carbocycles. The fourth-order valence-corrected chi connectivity index (χ4v) is 0.318. The molecule has 0 N–H and O–H groups in total. The Labute approximate surface area is 73.9 Å². The quantitative estimate of drug-likeness (QED) is 0.257. The first-order valence-electron chi connectivity index (χ1n) is 2.50. The molecule has 0 spiro atoms.